The van der Waals surface area contributed by atoms with Crippen LogP contribution in [-0.2, 0) is 0 Å². The summed E-state index contributed by atoms with van der Waals surface area (Å²) in [6.45, 7) is 10.3. The van der Waals surface area contributed by atoms with E-state index in [0.29, 0.717) is 6.04 Å². The van der Waals surface area contributed by atoms with Gasteiger partial charge in [-0.1, -0.05) is 33.6 Å². The highest BCUT2D eigenvalue weighted by Gasteiger charge is 2.32. The van der Waals surface area contributed by atoms with Crippen molar-refractivity contribution in [3.8, 4) is 0 Å². The van der Waals surface area contributed by atoms with Crippen molar-refractivity contribution in [1.29, 1.82) is 0 Å². The van der Waals surface area contributed by atoms with Crippen LogP contribution < -0.4 is 5.73 Å². The van der Waals surface area contributed by atoms with Gasteiger partial charge >= 0.3 is 0 Å². The zero-order chi connectivity index (χ0) is 12.3. The van der Waals surface area contributed by atoms with Gasteiger partial charge in [0.25, 0.3) is 0 Å². The van der Waals surface area contributed by atoms with E-state index >= 15 is 0 Å². The molecule has 0 saturated heterocycles. The molecule has 1 aliphatic carbocycles. The summed E-state index contributed by atoms with van der Waals surface area (Å²) in [6.07, 6.45) is 5.69. The first-order valence-corrected chi connectivity index (χ1v) is 6.78. The van der Waals surface area contributed by atoms with Crippen LogP contribution in [0.2, 0.25) is 0 Å². The van der Waals surface area contributed by atoms with Crippen LogP contribution in [0.5, 0.6) is 0 Å². The van der Waals surface area contributed by atoms with Crippen LogP contribution in [0.3, 0.4) is 0 Å². The average Bonchev–Trinajstić information content (AvgIpc) is 2.52. The third kappa shape index (κ3) is 3.74. The van der Waals surface area contributed by atoms with Crippen molar-refractivity contribution in [3.05, 3.63) is 0 Å². The molecule has 1 saturated carbocycles. The highest BCUT2D eigenvalue weighted by Crippen LogP contribution is 2.30. The first-order chi connectivity index (χ1) is 7.32. The SMILES string of the molecule is CC(N)C(N(C)CC1CCCC1)C(C)(C)C. The number of nitrogens with zero attached hydrogens (tertiary/aromatic N) is 1. The lowest BCUT2D eigenvalue weighted by molar-refractivity contribution is 0.0921. The molecule has 2 atom stereocenters. The number of nitrogens with two attached hydrogens (primary N) is 1. The Balaban J connectivity index is 2.56. The molecule has 16 heavy (non-hydrogen) atoms. The molecule has 1 aliphatic rings. The molecule has 0 aliphatic heterocycles. The first-order valence-electron chi connectivity index (χ1n) is 6.78. The third-order valence-electron chi connectivity index (χ3n) is 3.88. The van der Waals surface area contributed by atoms with E-state index in [2.05, 4.69) is 39.6 Å². The van der Waals surface area contributed by atoms with E-state index in [9.17, 15) is 0 Å². The van der Waals surface area contributed by atoms with Crippen LogP contribution in [0.4, 0.5) is 0 Å². The molecular weight excluding hydrogens is 196 g/mol. The maximum Gasteiger partial charge on any atom is 0.0289 e. The van der Waals surface area contributed by atoms with Gasteiger partial charge in [-0.15, -0.1) is 0 Å². The van der Waals surface area contributed by atoms with Crippen LogP contribution in [0.15, 0.2) is 0 Å². The Morgan fingerprint density at radius 1 is 1.25 bits per heavy atom. The normalized spacial score (nSPS) is 22.7. The summed E-state index contributed by atoms with van der Waals surface area (Å²) < 4.78 is 0. The summed E-state index contributed by atoms with van der Waals surface area (Å²) in [7, 11) is 2.25. The summed E-state index contributed by atoms with van der Waals surface area (Å²) in [4.78, 5) is 2.50. The van der Waals surface area contributed by atoms with E-state index < -0.39 is 0 Å². The lowest BCUT2D eigenvalue weighted by Crippen LogP contribution is -2.53. The summed E-state index contributed by atoms with van der Waals surface area (Å²) in [5.74, 6) is 0.911. The van der Waals surface area contributed by atoms with Crippen LogP contribution >= 0.6 is 0 Å². The van der Waals surface area contributed by atoms with E-state index in [0.717, 1.165) is 5.92 Å². The predicted molar refractivity (Wildman–Crippen MR) is 71.5 cm³/mol. The summed E-state index contributed by atoms with van der Waals surface area (Å²) >= 11 is 0. The molecule has 0 aromatic carbocycles. The second-order valence-corrected chi connectivity index (χ2v) is 6.76. The molecule has 0 bridgehead atoms. The van der Waals surface area contributed by atoms with E-state index in [1.807, 2.05) is 0 Å². The summed E-state index contributed by atoms with van der Waals surface area (Å²) in [6, 6.07) is 0.722. The quantitative estimate of drug-likeness (QED) is 0.798. The zero-order valence-electron chi connectivity index (χ0n) is 11.8. The Labute approximate surface area is 102 Å². The smallest absolute Gasteiger partial charge is 0.0289 e. The van der Waals surface area contributed by atoms with E-state index in [1.165, 1.54) is 32.2 Å². The largest absolute Gasteiger partial charge is 0.327 e. The standard InChI is InChI=1S/C14H30N2/c1-11(15)13(14(2,3)4)16(5)10-12-8-6-7-9-12/h11-13H,6-10,15H2,1-5H3. The number of hydrogen-bond donors (Lipinski definition) is 1. The van der Waals surface area contributed by atoms with Crippen molar-refractivity contribution < 1.29 is 0 Å². The van der Waals surface area contributed by atoms with Crippen molar-refractivity contribution in [2.45, 2.75) is 65.5 Å². The van der Waals surface area contributed by atoms with Crippen LogP contribution in [-0.4, -0.2) is 30.6 Å². The van der Waals surface area contributed by atoms with Gasteiger partial charge in [0.05, 0.1) is 0 Å². The molecule has 0 radical (unpaired) electrons. The van der Waals surface area contributed by atoms with E-state index in [1.54, 1.807) is 0 Å². The van der Waals surface area contributed by atoms with Gasteiger partial charge in [0.15, 0.2) is 0 Å². The van der Waals surface area contributed by atoms with Crippen molar-refractivity contribution in [2.75, 3.05) is 13.6 Å². The van der Waals surface area contributed by atoms with Gasteiger partial charge in [-0.05, 0) is 38.1 Å². The molecule has 0 aromatic rings. The van der Waals surface area contributed by atoms with Crippen LogP contribution in [0, 0.1) is 11.3 Å². The maximum atomic E-state index is 6.16. The molecule has 0 heterocycles. The van der Waals surface area contributed by atoms with Gasteiger partial charge in [-0.25, -0.2) is 0 Å². The predicted octanol–water partition coefficient (Wildman–Crippen LogP) is 2.87. The highest BCUT2D eigenvalue weighted by atomic mass is 15.2. The Hall–Kier alpha value is -0.0800. The van der Waals surface area contributed by atoms with Crippen molar-refractivity contribution >= 4 is 0 Å². The molecule has 1 fully saturated rings. The van der Waals surface area contributed by atoms with Gasteiger partial charge in [0.1, 0.15) is 0 Å². The second-order valence-electron chi connectivity index (χ2n) is 6.76. The zero-order valence-corrected chi connectivity index (χ0v) is 11.8. The molecule has 1 rings (SSSR count). The lowest BCUT2D eigenvalue weighted by atomic mass is 9.81. The average molecular weight is 226 g/mol. The molecule has 96 valence electrons. The summed E-state index contributed by atoms with van der Waals surface area (Å²) in [5, 5.41) is 0. The molecule has 2 heteroatoms. The van der Waals surface area contributed by atoms with Gasteiger partial charge in [0, 0.05) is 18.6 Å². The molecule has 0 spiro atoms. The monoisotopic (exact) mass is 226 g/mol. The second kappa shape index (κ2) is 5.50. The fraction of sp³-hybridized carbons (Fsp3) is 1.00. The molecule has 2 nitrogen and oxygen atoms in total. The fourth-order valence-corrected chi connectivity index (χ4v) is 3.57. The lowest BCUT2D eigenvalue weighted by Gasteiger charge is -2.41. The highest BCUT2D eigenvalue weighted by molar-refractivity contribution is 4.89. The Kier molecular flexibility index (Phi) is 4.81. The fourth-order valence-electron chi connectivity index (χ4n) is 3.57. The van der Waals surface area contributed by atoms with Crippen molar-refractivity contribution in [3.63, 3.8) is 0 Å². The van der Waals surface area contributed by atoms with E-state index in [4.69, 9.17) is 5.73 Å². The van der Waals surface area contributed by atoms with Crippen molar-refractivity contribution in [1.82, 2.24) is 4.90 Å². The van der Waals surface area contributed by atoms with Gasteiger partial charge in [-0.3, -0.25) is 0 Å². The molecular formula is C14H30N2. The van der Waals surface area contributed by atoms with Crippen LogP contribution in [0.25, 0.3) is 0 Å². The molecule has 0 aromatic heterocycles. The Morgan fingerprint density at radius 2 is 1.75 bits per heavy atom. The minimum Gasteiger partial charge on any atom is -0.327 e. The minimum atomic E-state index is 0.242. The molecule has 2 N–H and O–H groups in total. The Bertz CT molecular complexity index is 199. The van der Waals surface area contributed by atoms with Crippen LogP contribution in [0.1, 0.15) is 53.4 Å². The topological polar surface area (TPSA) is 29.3 Å². The van der Waals surface area contributed by atoms with E-state index in [-0.39, 0.29) is 11.5 Å². The van der Waals surface area contributed by atoms with Gasteiger partial charge in [0.2, 0.25) is 0 Å². The minimum absolute atomic E-state index is 0.242. The van der Waals surface area contributed by atoms with Gasteiger partial charge < -0.3 is 10.6 Å². The Morgan fingerprint density at radius 3 is 2.12 bits per heavy atom. The van der Waals surface area contributed by atoms with Crippen molar-refractivity contribution in [2.24, 2.45) is 17.1 Å². The van der Waals surface area contributed by atoms with Gasteiger partial charge in [-0.2, -0.15) is 0 Å². The maximum absolute atomic E-state index is 6.16. The number of hydrogen-bond acceptors (Lipinski definition) is 2. The number of likely N-dealkylation sites (N-methyl/N-ethyl adjacent to an activating group) is 1. The third-order valence-corrected chi connectivity index (χ3v) is 3.88. The first kappa shape index (κ1) is 14.0. The molecule has 2 unspecified atom stereocenters. The summed E-state index contributed by atoms with van der Waals surface area (Å²) in [5.41, 5.74) is 6.42. The molecule has 0 amide bonds. The number of rotatable bonds is 4.